The van der Waals surface area contributed by atoms with Crippen LogP contribution in [0.1, 0.15) is 0 Å². The van der Waals surface area contributed by atoms with Gasteiger partial charge in [0.25, 0.3) is 0 Å². The van der Waals surface area contributed by atoms with E-state index in [2.05, 4.69) is 9.97 Å². The van der Waals surface area contributed by atoms with Crippen LogP contribution in [-0.4, -0.2) is 35.1 Å². The minimum absolute atomic E-state index is 0.0636. The molecule has 7 heteroatoms. The number of benzene rings is 1. The van der Waals surface area contributed by atoms with Crippen molar-refractivity contribution in [2.45, 2.75) is 6.18 Å². The third-order valence-electron chi connectivity index (χ3n) is 2.48. The standard InChI is InChI=1S/C12H11ClF3N3/c13-5-6-19(8-12(14,15)16)11-7-17-9-3-1-2-4-10(9)18-11/h1-4,7H,5-6,8H2. The van der Waals surface area contributed by atoms with Gasteiger partial charge in [0.15, 0.2) is 0 Å². The number of hydrogen-bond acceptors (Lipinski definition) is 3. The number of hydrogen-bond donors (Lipinski definition) is 0. The van der Waals surface area contributed by atoms with Crippen molar-refractivity contribution in [2.75, 3.05) is 23.9 Å². The van der Waals surface area contributed by atoms with Gasteiger partial charge in [0, 0.05) is 12.4 Å². The van der Waals surface area contributed by atoms with Crippen molar-refractivity contribution in [1.82, 2.24) is 9.97 Å². The summed E-state index contributed by atoms with van der Waals surface area (Å²) in [6, 6.07) is 7.01. The van der Waals surface area contributed by atoms with Crippen molar-refractivity contribution in [3.05, 3.63) is 30.5 Å². The lowest BCUT2D eigenvalue weighted by molar-refractivity contribution is -0.119. The fraction of sp³-hybridized carbons (Fsp3) is 0.333. The second-order valence-corrected chi connectivity index (χ2v) is 4.32. The highest BCUT2D eigenvalue weighted by molar-refractivity contribution is 6.18. The Hall–Kier alpha value is -1.56. The van der Waals surface area contributed by atoms with Crippen molar-refractivity contribution in [3.63, 3.8) is 0 Å². The summed E-state index contributed by atoms with van der Waals surface area (Å²) in [6.45, 7) is -1.03. The number of fused-ring (bicyclic) bond motifs is 1. The van der Waals surface area contributed by atoms with Crippen LogP contribution in [0.4, 0.5) is 19.0 Å². The zero-order chi connectivity index (χ0) is 13.9. The number of nitrogens with zero attached hydrogens (tertiary/aromatic N) is 3. The van der Waals surface area contributed by atoms with Crippen LogP contribution in [0.3, 0.4) is 0 Å². The Kier molecular flexibility index (Phi) is 4.09. The van der Waals surface area contributed by atoms with Crippen LogP contribution in [0.5, 0.6) is 0 Å². The quantitative estimate of drug-likeness (QED) is 0.809. The zero-order valence-corrected chi connectivity index (χ0v) is 10.6. The number of rotatable bonds is 4. The van der Waals surface area contributed by atoms with Gasteiger partial charge in [-0.3, -0.25) is 4.98 Å². The maximum absolute atomic E-state index is 12.5. The lowest BCUT2D eigenvalue weighted by atomic mass is 10.3. The van der Waals surface area contributed by atoms with Crippen molar-refractivity contribution < 1.29 is 13.2 Å². The molecule has 0 amide bonds. The van der Waals surface area contributed by atoms with Crippen molar-refractivity contribution in [1.29, 1.82) is 0 Å². The Morgan fingerprint density at radius 2 is 1.84 bits per heavy atom. The number of halogens is 4. The van der Waals surface area contributed by atoms with Gasteiger partial charge in [-0.05, 0) is 12.1 Å². The predicted molar refractivity (Wildman–Crippen MR) is 68.5 cm³/mol. The number of aromatic nitrogens is 2. The van der Waals surface area contributed by atoms with Crippen molar-refractivity contribution in [2.24, 2.45) is 0 Å². The van der Waals surface area contributed by atoms with Crippen LogP contribution in [0.25, 0.3) is 11.0 Å². The summed E-state index contributed by atoms with van der Waals surface area (Å²) < 4.78 is 37.5. The smallest absolute Gasteiger partial charge is 0.345 e. The average Bonchev–Trinajstić information content (AvgIpc) is 2.36. The molecule has 102 valence electrons. The molecule has 0 N–H and O–H groups in total. The van der Waals surface area contributed by atoms with Gasteiger partial charge in [-0.15, -0.1) is 11.6 Å². The van der Waals surface area contributed by atoms with E-state index >= 15 is 0 Å². The zero-order valence-electron chi connectivity index (χ0n) is 9.86. The van der Waals surface area contributed by atoms with Crippen LogP contribution in [0, 0.1) is 0 Å². The van der Waals surface area contributed by atoms with Crippen LogP contribution in [-0.2, 0) is 0 Å². The second-order valence-electron chi connectivity index (χ2n) is 3.94. The highest BCUT2D eigenvalue weighted by Crippen LogP contribution is 2.21. The molecule has 0 spiro atoms. The van der Waals surface area contributed by atoms with Crippen LogP contribution in [0.2, 0.25) is 0 Å². The van der Waals surface area contributed by atoms with Gasteiger partial charge in [-0.25, -0.2) is 4.98 Å². The van der Waals surface area contributed by atoms with Gasteiger partial charge in [-0.1, -0.05) is 12.1 Å². The molecule has 2 aromatic rings. The molecule has 0 fully saturated rings. The maximum Gasteiger partial charge on any atom is 0.405 e. The van der Waals surface area contributed by atoms with Crippen LogP contribution >= 0.6 is 11.6 Å². The minimum Gasteiger partial charge on any atom is -0.345 e. The Labute approximate surface area is 113 Å². The third kappa shape index (κ3) is 3.70. The van der Waals surface area contributed by atoms with Crippen molar-refractivity contribution in [3.8, 4) is 0 Å². The number of para-hydroxylation sites is 2. The molecule has 1 aromatic heterocycles. The molecule has 0 atom stereocenters. The Bertz CT molecular complexity index is 559. The second kappa shape index (κ2) is 5.61. The summed E-state index contributed by atoms with van der Waals surface area (Å²) in [7, 11) is 0. The van der Waals surface area contributed by atoms with Gasteiger partial charge in [0.1, 0.15) is 12.4 Å². The van der Waals surface area contributed by atoms with E-state index in [9.17, 15) is 13.2 Å². The predicted octanol–water partition coefficient (Wildman–Crippen LogP) is 3.24. The molecule has 1 heterocycles. The van der Waals surface area contributed by atoms with E-state index in [1.165, 1.54) is 6.20 Å². The summed E-state index contributed by atoms with van der Waals surface area (Å²) in [5.41, 5.74) is 1.20. The van der Waals surface area contributed by atoms with Crippen LogP contribution < -0.4 is 4.90 Å². The Morgan fingerprint density at radius 1 is 1.16 bits per heavy atom. The highest BCUT2D eigenvalue weighted by atomic mass is 35.5. The molecule has 2 rings (SSSR count). The van der Waals surface area contributed by atoms with E-state index in [4.69, 9.17) is 11.6 Å². The first-order valence-corrected chi connectivity index (χ1v) is 6.12. The molecule has 0 saturated heterocycles. The Balaban J connectivity index is 2.33. The van der Waals surface area contributed by atoms with E-state index in [-0.39, 0.29) is 18.2 Å². The summed E-state index contributed by atoms with van der Waals surface area (Å²) in [6.07, 6.45) is -2.97. The van der Waals surface area contributed by atoms with Gasteiger partial charge >= 0.3 is 6.18 Å². The molecule has 0 aliphatic rings. The summed E-state index contributed by atoms with van der Waals surface area (Å²) >= 11 is 5.54. The fourth-order valence-corrected chi connectivity index (χ4v) is 1.90. The minimum atomic E-state index is -4.31. The molecule has 3 nitrogen and oxygen atoms in total. The van der Waals surface area contributed by atoms with Gasteiger partial charge in [-0.2, -0.15) is 13.2 Å². The molecular formula is C12H11ClF3N3. The molecule has 0 aliphatic carbocycles. The molecule has 0 bridgehead atoms. The maximum atomic E-state index is 12.5. The summed E-state index contributed by atoms with van der Waals surface area (Å²) in [5, 5.41) is 0. The molecule has 0 radical (unpaired) electrons. The van der Waals surface area contributed by atoms with Crippen molar-refractivity contribution >= 4 is 28.5 Å². The largest absolute Gasteiger partial charge is 0.405 e. The lowest BCUT2D eigenvalue weighted by Gasteiger charge is -2.23. The number of anilines is 1. The van der Waals surface area contributed by atoms with Gasteiger partial charge in [0.05, 0.1) is 17.2 Å². The van der Waals surface area contributed by atoms with E-state index in [1.807, 2.05) is 0 Å². The number of alkyl halides is 4. The van der Waals surface area contributed by atoms with E-state index in [0.717, 1.165) is 4.90 Å². The Morgan fingerprint density at radius 3 is 2.47 bits per heavy atom. The molecule has 1 aromatic carbocycles. The summed E-state index contributed by atoms with van der Waals surface area (Å²) in [5.74, 6) is 0.265. The third-order valence-corrected chi connectivity index (χ3v) is 2.65. The SMILES string of the molecule is FC(F)(F)CN(CCCl)c1cnc2ccccc2n1. The molecule has 0 aliphatic heterocycles. The summed E-state index contributed by atoms with van der Waals surface area (Å²) in [4.78, 5) is 9.36. The fourth-order valence-electron chi connectivity index (χ4n) is 1.69. The lowest BCUT2D eigenvalue weighted by Crippen LogP contribution is -2.36. The van der Waals surface area contributed by atoms with Gasteiger partial charge in [0.2, 0.25) is 0 Å². The first-order valence-electron chi connectivity index (χ1n) is 5.59. The highest BCUT2D eigenvalue weighted by Gasteiger charge is 2.31. The van der Waals surface area contributed by atoms with E-state index in [0.29, 0.717) is 11.0 Å². The molecular weight excluding hydrogens is 279 g/mol. The topological polar surface area (TPSA) is 29.0 Å². The van der Waals surface area contributed by atoms with Crippen LogP contribution in [0.15, 0.2) is 30.5 Å². The van der Waals surface area contributed by atoms with Gasteiger partial charge < -0.3 is 4.90 Å². The molecule has 0 unspecified atom stereocenters. The normalized spacial score (nSPS) is 11.8. The monoisotopic (exact) mass is 289 g/mol. The average molecular weight is 290 g/mol. The molecule has 19 heavy (non-hydrogen) atoms. The molecule has 0 saturated carbocycles. The first kappa shape index (κ1) is 13.9. The first-order chi connectivity index (χ1) is 8.99. The van der Waals surface area contributed by atoms with E-state index in [1.54, 1.807) is 24.3 Å². The van der Waals surface area contributed by atoms with E-state index < -0.39 is 12.7 Å².